The quantitative estimate of drug-likeness (QED) is 0.937. The molecule has 2 aliphatic rings. The predicted octanol–water partition coefficient (Wildman–Crippen LogP) is 2.66. The summed E-state index contributed by atoms with van der Waals surface area (Å²) in [7, 11) is 0. The first-order valence-corrected chi connectivity index (χ1v) is 8.14. The lowest BCUT2D eigenvalue weighted by Crippen LogP contribution is -2.34. The van der Waals surface area contributed by atoms with Gasteiger partial charge in [0.15, 0.2) is 0 Å². The molecule has 4 rings (SSSR count). The molecule has 3 unspecified atom stereocenters. The fraction of sp³-hybridized carbons (Fsp3) is 0.500. The summed E-state index contributed by atoms with van der Waals surface area (Å²) in [5.74, 6) is 1.69. The van der Waals surface area contributed by atoms with Gasteiger partial charge in [0.2, 0.25) is 0 Å². The minimum Gasteiger partial charge on any atom is -0.316 e. The van der Waals surface area contributed by atoms with Gasteiger partial charge in [0.05, 0.1) is 11.2 Å². The molecular formula is C18H23N3. The Morgan fingerprint density at radius 2 is 2.10 bits per heavy atom. The Morgan fingerprint density at radius 3 is 3.00 bits per heavy atom. The average molecular weight is 281 g/mol. The number of fused-ring (bicyclic) bond motifs is 2. The highest BCUT2D eigenvalue weighted by Crippen LogP contribution is 2.35. The smallest absolute Gasteiger partial charge is 0.0705 e. The van der Waals surface area contributed by atoms with Crippen LogP contribution in [0.4, 0.5) is 0 Å². The van der Waals surface area contributed by atoms with Gasteiger partial charge >= 0.3 is 0 Å². The Morgan fingerprint density at radius 1 is 1.19 bits per heavy atom. The van der Waals surface area contributed by atoms with Gasteiger partial charge in [-0.3, -0.25) is 9.88 Å². The van der Waals surface area contributed by atoms with Crippen LogP contribution in [-0.2, 0) is 6.54 Å². The molecule has 0 spiro atoms. The van der Waals surface area contributed by atoms with Gasteiger partial charge in [-0.25, -0.2) is 0 Å². The lowest BCUT2D eigenvalue weighted by molar-refractivity contribution is 0.208. The number of rotatable bonds is 3. The van der Waals surface area contributed by atoms with E-state index in [1.54, 1.807) is 0 Å². The van der Waals surface area contributed by atoms with Crippen LogP contribution in [0.3, 0.4) is 0 Å². The number of likely N-dealkylation sites (tertiary alicyclic amines) is 1. The Bertz CT molecular complexity index is 639. The lowest BCUT2D eigenvalue weighted by Gasteiger charge is -2.26. The molecule has 2 fully saturated rings. The molecule has 2 aliphatic heterocycles. The van der Waals surface area contributed by atoms with Crippen LogP contribution in [0, 0.1) is 11.8 Å². The molecule has 2 saturated heterocycles. The SMILES string of the molecule is CCC1C2CNCC2CN1Cc1ccc2ccccc2n1. The average Bonchev–Trinajstić information content (AvgIpc) is 3.07. The minimum atomic E-state index is 0.721. The van der Waals surface area contributed by atoms with Crippen molar-refractivity contribution in [2.75, 3.05) is 19.6 Å². The number of para-hydroxylation sites is 1. The van der Waals surface area contributed by atoms with E-state index in [1.807, 2.05) is 0 Å². The van der Waals surface area contributed by atoms with E-state index in [1.165, 1.54) is 37.1 Å². The van der Waals surface area contributed by atoms with Crippen molar-refractivity contribution in [2.24, 2.45) is 11.8 Å². The van der Waals surface area contributed by atoms with Crippen molar-refractivity contribution in [3.8, 4) is 0 Å². The second kappa shape index (κ2) is 5.39. The molecule has 0 aliphatic carbocycles. The van der Waals surface area contributed by atoms with Crippen molar-refractivity contribution in [1.82, 2.24) is 15.2 Å². The highest BCUT2D eigenvalue weighted by Gasteiger charge is 2.42. The highest BCUT2D eigenvalue weighted by atomic mass is 15.2. The first-order chi connectivity index (χ1) is 10.3. The summed E-state index contributed by atoms with van der Waals surface area (Å²) in [6, 6.07) is 13.5. The number of nitrogens with one attached hydrogen (secondary N) is 1. The second-order valence-corrected chi connectivity index (χ2v) is 6.48. The van der Waals surface area contributed by atoms with E-state index in [9.17, 15) is 0 Å². The van der Waals surface area contributed by atoms with Crippen LogP contribution >= 0.6 is 0 Å². The first kappa shape index (κ1) is 13.2. The zero-order valence-corrected chi connectivity index (χ0v) is 12.6. The summed E-state index contributed by atoms with van der Waals surface area (Å²) >= 11 is 0. The third-order valence-corrected chi connectivity index (χ3v) is 5.26. The molecule has 3 atom stereocenters. The maximum atomic E-state index is 4.84. The van der Waals surface area contributed by atoms with Crippen molar-refractivity contribution in [2.45, 2.75) is 25.9 Å². The van der Waals surface area contributed by atoms with Gasteiger partial charge in [-0.05, 0) is 43.5 Å². The van der Waals surface area contributed by atoms with Gasteiger partial charge in [-0.2, -0.15) is 0 Å². The molecule has 21 heavy (non-hydrogen) atoms. The fourth-order valence-electron chi connectivity index (χ4n) is 4.26. The molecule has 2 aromatic rings. The van der Waals surface area contributed by atoms with E-state index in [-0.39, 0.29) is 0 Å². The van der Waals surface area contributed by atoms with Gasteiger partial charge in [0.1, 0.15) is 0 Å². The van der Waals surface area contributed by atoms with E-state index >= 15 is 0 Å². The molecule has 1 aromatic heterocycles. The number of nitrogens with zero attached hydrogens (tertiary/aromatic N) is 2. The molecule has 1 N–H and O–H groups in total. The Labute approximate surface area is 126 Å². The second-order valence-electron chi connectivity index (χ2n) is 6.48. The van der Waals surface area contributed by atoms with E-state index in [0.29, 0.717) is 0 Å². The largest absolute Gasteiger partial charge is 0.316 e. The maximum absolute atomic E-state index is 4.84. The van der Waals surface area contributed by atoms with Crippen molar-refractivity contribution in [1.29, 1.82) is 0 Å². The number of hydrogen-bond donors (Lipinski definition) is 1. The van der Waals surface area contributed by atoms with Crippen LogP contribution in [0.5, 0.6) is 0 Å². The van der Waals surface area contributed by atoms with E-state index in [4.69, 9.17) is 4.98 Å². The maximum Gasteiger partial charge on any atom is 0.0705 e. The van der Waals surface area contributed by atoms with Crippen LogP contribution in [-0.4, -0.2) is 35.6 Å². The molecule has 0 saturated carbocycles. The van der Waals surface area contributed by atoms with Gasteiger partial charge in [-0.1, -0.05) is 31.2 Å². The summed E-state index contributed by atoms with van der Waals surface area (Å²) in [5, 5.41) is 4.79. The minimum absolute atomic E-state index is 0.721. The molecule has 3 heteroatoms. The molecule has 110 valence electrons. The standard InChI is InChI=1S/C18H23N3/c1-2-18-16-10-19-9-14(16)11-21(18)12-15-8-7-13-5-3-4-6-17(13)20-15/h3-8,14,16,18-19H,2,9-12H2,1H3. The van der Waals surface area contributed by atoms with Gasteiger partial charge in [0, 0.05) is 24.5 Å². The summed E-state index contributed by atoms with van der Waals surface area (Å²) in [6.07, 6.45) is 1.25. The Kier molecular flexibility index (Phi) is 3.40. The summed E-state index contributed by atoms with van der Waals surface area (Å²) in [6.45, 7) is 6.95. The highest BCUT2D eigenvalue weighted by molar-refractivity contribution is 5.78. The topological polar surface area (TPSA) is 28.2 Å². The third-order valence-electron chi connectivity index (χ3n) is 5.26. The predicted molar refractivity (Wildman–Crippen MR) is 86.1 cm³/mol. The van der Waals surface area contributed by atoms with E-state index in [0.717, 1.165) is 29.9 Å². The van der Waals surface area contributed by atoms with Crippen molar-refractivity contribution in [3.63, 3.8) is 0 Å². The molecule has 3 nitrogen and oxygen atoms in total. The summed E-state index contributed by atoms with van der Waals surface area (Å²) in [4.78, 5) is 7.50. The number of hydrogen-bond acceptors (Lipinski definition) is 3. The molecule has 0 amide bonds. The van der Waals surface area contributed by atoms with E-state index < -0.39 is 0 Å². The van der Waals surface area contributed by atoms with Crippen LogP contribution in [0.15, 0.2) is 36.4 Å². The zero-order chi connectivity index (χ0) is 14.2. The number of benzene rings is 1. The van der Waals surface area contributed by atoms with Crippen molar-refractivity contribution < 1.29 is 0 Å². The van der Waals surface area contributed by atoms with Crippen LogP contribution in [0.25, 0.3) is 10.9 Å². The Balaban J connectivity index is 1.56. The summed E-state index contributed by atoms with van der Waals surface area (Å²) in [5.41, 5.74) is 2.32. The Hall–Kier alpha value is -1.45. The molecule has 1 aromatic carbocycles. The van der Waals surface area contributed by atoms with Crippen molar-refractivity contribution >= 4 is 10.9 Å². The van der Waals surface area contributed by atoms with Gasteiger partial charge < -0.3 is 5.32 Å². The molecule has 0 radical (unpaired) electrons. The normalized spacial score (nSPS) is 29.1. The zero-order valence-electron chi connectivity index (χ0n) is 12.6. The van der Waals surface area contributed by atoms with Crippen LogP contribution in [0.2, 0.25) is 0 Å². The molecule has 0 bridgehead atoms. The third kappa shape index (κ3) is 2.34. The van der Waals surface area contributed by atoms with Crippen LogP contribution in [0.1, 0.15) is 19.0 Å². The van der Waals surface area contributed by atoms with Gasteiger partial charge in [0.25, 0.3) is 0 Å². The van der Waals surface area contributed by atoms with Crippen LogP contribution < -0.4 is 5.32 Å². The number of aromatic nitrogens is 1. The van der Waals surface area contributed by atoms with Crippen molar-refractivity contribution in [3.05, 3.63) is 42.1 Å². The molecular weight excluding hydrogens is 258 g/mol. The fourth-order valence-corrected chi connectivity index (χ4v) is 4.26. The first-order valence-electron chi connectivity index (χ1n) is 8.14. The lowest BCUT2D eigenvalue weighted by atomic mass is 9.93. The monoisotopic (exact) mass is 281 g/mol. The molecule has 3 heterocycles. The summed E-state index contributed by atoms with van der Waals surface area (Å²) < 4.78 is 0. The van der Waals surface area contributed by atoms with Gasteiger partial charge in [-0.15, -0.1) is 0 Å². The number of pyridine rings is 1. The van der Waals surface area contributed by atoms with E-state index in [2.05, 4.69) is 53.5 Å².